The first-order valence-electron chi connectivity index (χ1n) is 15.2. The van der Waals surface area contributed by atoms with Gasteiger partial charge in [0, 0.05) is 5.92 Å². The number of ketones is 2. The Bertz CT molecular complexity index is 1780. The first-order chi connectivity index (χ1) is 21.8. The number of carbonyl (C=O) groups excluding carboxylic acids is 5. The molecule has 2 amide bonds. The highest BCUT2D eigenvalue weighted by Crippen LogP contribution is 2.62. The Morgan fingerprint density at radius 3 is 2.39 bits per heavy atom. The van der Waals surface area contributed by atoms with Crippen molar-refractivity contribution in [3.05, 3.63) is 94.8 Å². The van der Waals surface area contributed by atoms with Gasteiger partial charge in [-0.1, -0.05) is 42.0 Å². The van der Waals surface area contributed by atoms with Crippen molar-refractivity contribution in [2.75, 3.05) is 11.5 Å². The maximum Gasteiger partial charge on any atom is 0.421 e. The Morgan fingerprint density at radius 2 is 1.72 bits per heavy atom. The molecule has 6 rings (SSSR count). The molecule has 1 spiro atoms. The summed E-state index contributed by atoms with van der Waals surface area (Å²) in [4.78, 5) is 71.4. The Morgan fingerprint density at radius 1 is 1.02 bits per heavy atom. The quantitative estimate of drug-likeness (QED) is 0.261. The zero-order valence-electron chi connectivity index (χ0n) is 26.2. The van der Waals surface area contributed by atoms with Gasteiger partial charge < -0.3 is 14.2 Å². The number of nitrogens with zero attached hydrogens (tertiary/aromatic N) is 1. The summed E-state index contributed by atoms with van der Waals surface area (Å²) in [7, 11) is 0. The number of amides is 2. The van der Waals surface area contributed by atoms with E-state index < -0.39 is 70.2 Å². The fourth-order valence-electron chi connectivity index (χ4n) is 7.23. The minimum atomic E-state index is -1.86. The van der Waals surface area contributed by atoms with Gasteiger partial charge in [0.15, 0.2) is 5.78 Å². The molecule has 2 heterocycles. The number of carbonyl (C=O) groups is 5. The van der Waals surface area contributed by atoms with Gasteiger partial charge in [0.2, 0.25) is 11.7 Å². The van der Waals surface area contributed by atoms with Crippen LogP contribution >= 0.6 is 0 Å². The molecule has 1 aliphatic carbocycles. The molecule has 0 bridgehead atoms. The molecule has 9 nitrogen and oxygen atoms in total. The van der Waals surface area contributed by atoms with Crippen LogP contribution in [0.4, 0.5) is 14.9 Å². The highest BCUT2D eigenvalue weighted by atomic mass is 19.1. The maximum atomic E-state index is 15.2. The topological polar surface area (TPSA) is 116 Å². The Hall–Kier alpha value is -4.86. The number of halogens is 1. The minimum absolute atomic E-state index is 0.0723. The molecule has 0 saturated heterocycles. The van der Waals surface area contributed by atoms with Crippen LogP contribution in [0.3, 0.4) is 0 Å². The fourth-order valence-corrected chi connectivity index (χ4v) is 7.23. The van der Waals surface area contributed by atoms with Gasteiger partial charge in [-0.05, 0) is 82.5 Å². The lowest BCUT2D eigenvalue weighted by molar-refractivity contribution is -0.160. The van der Waals surface area contributed by atoms with E-state index in [2.05, 4.69) is 0 Å². The van der Waals surface area contributed by atoms with Crippen LogP contribution in [0.5, 0.6) is 5.75 Å². The monoisotopic (exact) mass is 627 g/mol. The van der Waals surface area contributed by atoms with Gasteiger partial charge in [-0.3, -0.25) is 14.4 Å². The van der Waals surface area contributed by atoms with Crippen molar-refractivity contribution in [2.24, 2.45) is 11.8 Å². The summed E-state index contributed by atoms with van der Waals surface area (Å²) >= 11 is 0. The number of esters is 1. The number of para-hydroxylation sites is 1. The number of anilines is 1. The number of hydrogen-bond acceptors (Lipinski definition) is 8. The van der Waals surface area contributed by atoms with E-state index in [0.29, 0.717) is 5.56 Å². The van der Waals surface area contributed by atoms with Crippen molar-refractivity contribution in [2.45, 2.75) is 64.1 Å². The van der Waals surface area contributed by atoms with Crippen LogP contribution in [0.15, 0.2) is 66.7 Å². The number of benzene rings is 3. The van der Waals surface area contributed by atoms with E-state index in [4.69, 9.17) is 14.2 Å². The highest BCUT2D eigenvalue weighted by Gasteiger charge is 2.68. The van der Waals surface area contributed by atoms with Crippen molar-refractivity contribution in [1.82, 2.24) is 0 Å². The molecule has 1 fully saturated rings. The molecule has 1 saturated carbocycles. The molecule has 2 aliphatic heterocycles. The van der Waals surface area contributed by atoms with Crippen LogP contribution in [-0.2, 0) is 29.3 Å². The van der Waals surface area contributed by atoms with Gasteiger partial charge in [0.05, 0.1) is 35.1 Å². The van der Waals surface area contributed by atoms with Crippen LogP contribution in [0.2, 0.25) is 0 Å². The second-order valence-electron chi connectivity index (χ2n) is 13.0. The van der Waals surface area contributed by atoms with Crippen LogP contribution in [0, 0.1) is 24.6 Å². The van der Waals surface area contributed by atoms with Crippen molar-refractivity contribution < 1.29 is 42.6 Å². The third-order valence-corrected chi connectivity index (χ3v) is 8.99. The fraction of sp³-hybridized carbons (Fsp3) is 0.361. The highest BCUT2D eigenvalue weighted by molar-refractivity contribution is 6.35. The average molecular weight is 628 g/mol. The molecule has 5 atom stereocenters. The SMILES string of the molecule is CCOC(=O)C(=O)[C@@H]1[C@H]2Oc3ccccc3C(=O)[C@@H]2C[C@@]2(C(=O)N(C(=O)OC(C)(C)C)c3ccc(F)cc32)[C@H]1c1ccc(C)cc1. The molecule has 0 N–H and O–H groups in total. The van der Waals surface area contributed by atoms with E-state index in [1.165, 1.54) is 6.07 Å². The predicted octanol–water partition coefficient (Wildman–Crippen LogP) is 5.85. The van der Waals surface area contributed by atoms with Gasteiger partial charge in [-0.15, -0.1) is 0 Å². The molecule has 0 radical (unpaired) electrons. The molecule has 3 aromatic rings. The van der Waals surface area contributed by atoms with E-state index in [9.17, 15) is 19.2 Å². The molecule has 238 valence electrons. The summed E-state index contributed by atoms with van der Waals surface area (Å²) in [5.41, 5.74) is -1.05. The summed E-state index contributed by atoms with van der Waals surface area (Å²) in [6.07, 6.45) is -2.39. The lowest BCUT2D eigenvalue weighted by atomic mass is 9.51. The largest absolute Gasteiger partial charge is 0.488 e. The first kappa shape index (κ1) is 31.1. The normalized spacial score (nSPS) is 24.9. The average Bonchev–Trinajstić information content (AvgIpc) is 3.23. The Labute approximate surface area is 265 Å². The van der Waals surface area contributed by atoms with Crippen LogP contribution < -0.4 is 9.64 Å². The third kappa shape index (κ3) is 4.87. The number of imide groups is 1. The van der Waals surface area contributed by atoms with E-state index in [1.54, 1.807) is 76.2 Å². The van der Waals surface area contributed by atoms with Gasteiger partial charge in [0.1, 0.15) is 23.3 Å². The number of ether oxygens (including phenoxy) is 3. The van der Waals surface area contributed by atoms with E-state index in [-0.39, 0.29) is 35.6 Å². The van der Waals surface area contributed by atoms with Crippen LogP contribution in [0.1, 0.15) is 67.1 Å². The molecule has 3 aliphatic rings. The van der Waals surface area contributed by atoms with Gasteiger partial charge in [-0.25, -0.2) is 18.9 Å². The van der Waals surface area contributed by atoms with E-state index >= 15 is 9.18 Å². The van der Waals surface area contributed by atoms with Gasteiger partial charge >= 0.3 is 12.1 Å². The number of fused-ring (bicyclic) bond motifs is 4. The van der Waals surface area contributed by atoms with E-state index in [1.807, 2.05) is 6.92 Å². The molecular weight excluding hydrogens is 593 g/mol. The van der Waals surface area contributed by atoms with Gasteiger partial charge in [0.25, 0.3) is 0 Å². The smallest absolute Gasteiger partial charge is 0.421 e. The standard InChI is InChI=1S/C36H34FNO8/c1-6-44-32(41)30(40)27-28(20-13-11-19(2)12-14-20)36(18-23-29(39)22-9-7-8-10-26(22)45-31(23)27)24-17-21(37)15-16-25(24)38(33(36)42)34(43)46-35(3,4)5/h7-17,23,27-28,31H,6,18H2,1-5H3/t23-,27+,28-,31-,36-/m0/s1. The van der Waals surface area contributed by atoms with Crippen LogP contribution in [0.25, 0.3) is 0 Å². The van der Waals surface area contributed by atoms with Crippen molar-refractivity contribution >= 4 is 35.2 Å². The predicted molar refractivity (Wildman–Crippen MR) is 164 cm³/mol. The van der Waals surface area contributed by atoms with Crippen molar-refractivity contribution in [3.63, 3.8) is 0 Å². The summed E-state index contributed by atoms with van der Waals surface area (Å²) in [6, 6.07) is 17.2. The molecule has 10 heteroatoms. The zero-order chi connectivity index (χ0) is 33.1. The molecule has 0 unspecified atom stereocenters. The molecular formula is C36H34FNO8. The first-order valence-corrected chi connectivity index (χ1v) is 15.2. The zero-order valence-corrected chi connectivity index (χ0v) is 26.2. The third-order valence-electron chi connectivity index (χ3n) is 8.99. The summed E-state index contributed by atoms with van der Waals surface area (Å²) in [5, 5.41) is 0. The molecule has 46 heavy (non-hydrogen) atoms. The second-order valence-corrected chi connectivity index (χ2v) is 13.0. The molecule has 3 aromatic carbocycles. The Balaban J connectivity index is 1.66. The molecule has 0 aromatic heterocycles. The van der Waals surface area contributed by atoms with Crippen molar-refractivity contribution in [1.29, 1.82) is 0 Å². The second kappa shape index (κ2) is 11.2. The van der Waals surface area contributed by atoms with Gasteiger partial charge in [-0.2, -0.15) is 0 Å². The number of rotatable bonds is 4. The van der Waals surface area contributed by atoms with E-state index in [0.717, 1.165) is 22.6 Å². The van der Waals surface area contributed by atoms with Crippen molar-refractivity contribution in [3.8, 4) is 5.75 Å². The Kier molecular flexibility index (Phi) is 7.57. The summed E-state index contributed by atoms with van der Waals surface area (Å²) < 4.78 is 32.4. The summed E-state index contributed by atoms with van der Waals surface area (Å²) in [5.74, 6) is -7.49. The lowest BCUT2D eigenvalue weighted by Gasteiger charge is -2.51. The lowest BCUT2D eigenvalue weighted by Crippen LogP contribution is -2.62. The summed E-state index contributed by atoms with van der Waals surface area (Å²) in [6.45, 7) is 8.29. The van der Waals surface area contributed by atoms with Crippen LogP contribution in [-0.4, -0.2) is 47.8 Å². The maximum absolute atomic E-state index is 15.2. The number of hydrogen-bond donors (Lipinski definition) is 0. The number of aryl methyl sites for hydroxylation is 1. The minimum Gasteiger partial charge on any atom is -0.488 e. The number of Topliss-reactive ketones (excluding diaryl/α,β-unsaturated/α-hetero) is 2.